The normalized spacial score (nSPS) is 25.7. The number of pyridine rings is 1. The van der Waals surface area contributed by atoms with Crippen molar-refractivity contribution in [1.82, 2.24) is 15.2 Å². The smallest absolute Gasteiger partial charge is 0.254 e. The van der Waals surface area contributed by atoms with Gasteiger partial charge in [-0.1, -0.05) is 18.6 Å². The molecule has 0 aliphatic carbocycles. The van der Waals surface area contributed by atoms with E-state index in [-0.39, 0.29) is 23.5 Å². The first kappa shape index (κ1) is 21.8. The molecule has 3 aliphatic heterocycles. The van der Waals surface area contributed by atoms with E-state index in [4.69, 9.17) is 4.74 Å². The van der Waals surface area contributed by atoms with E-state index in [1.54, 1.807) is 23.2 Å². The molecular weight excluding hydrogens is 423 g/mol. The molecule has 8 heteroatoms. The van der Waals surface area contributed by atoms with Crippen LogP contribution in [0.2, 0.25) is 0 Å². The van der Waals surface area contributed by atoms with Crippen LogP contribution in [0.5, 0.6) is 0 Å². The number of likely N-dealkylation sites (tertiary alicyclic amines) is 1. The van der Waals surface area contributed by atoms with Crippen LogP contribution in [-0.2, 0) is 9.53 Å². The van der Waals surface area contributed by atoms with Gasteiger partial charge >= 0.3 is 0 Å². The van der Waals surface area contributed by atoms with Gasteiger partial charge in [0.05, 0.1) is 18.8 Å². The lowest BCUT2D eigenvalue weighted by molar-refractivity contribution is -0.122. The highest BCUT2D eigenvalue weighted by molar-refractivity contribution is 5.95. The van der Waals surface area contributed by atoms with Gasteiger partial charge in [-0.15, -0.1) is 0 Å². The van der Waals surface area contributed by atoms with Gasteiger partial charge in [0.2, 0.25) is 5.91 Å². The van der Waals surface area contributed by atoms with Crippen LogP contribution in [0.4, 0.5) is 10.2 Å². The summed E-state index contributed by atoms with van der Waals surface area (Å²) in [6.07, 6.45) is 4.63. The van der Waals surface area contributed by atoms with Crippen molar-refractivity contribution in [2.24, 2.45) is 0 Å². The number of carbonyl (C=O) groups is 2. The summed E-state index contributed by atoms with van der Waals surface area (Å²) < 4.78 is 19.5. The van der Waals surface area contributed by atoms with Crippen LogP contribution in [0, 0.1) is 5.82 Å². The van der Waals surface area contributed by atoms with E-state index in [1.165, 1.54) is 12.1 Å². The predicted molar refractivity (Wildman–Crippen MR) is 122 cm³/mol. The second-order valence-corrected chi connectivity index (χ2v) is 9.21. The molecule has 1 aromatic heterocycles. The molecule has 3 aliphatic rings. The third-order valence-electron chi connectivity index (χ3n) is 7.07. The molecule has 3 fully saturated rings. The Kier molecular flexibility index (Phi) is 6.01. The van der Waals surface area contributed by atoms with Gasteiger partial charge in [-0.2, -0.15) is 0 Å². The predicted octanol–water partition coefficient (Wildman–Crippen LogP) is 2.73. The summed E-state index contributed by atoms with van der Waals surface area (Å²) in [5.74, 6) is 0.198. The second kappa shape index (κ2) is 9.09. The Balaban J connectivity index is 1.44. The molecule has 1 N–H and O–H groups in total. The number of aromatic nitrogens is 1. The van der Waals surface area contributed by atoms with Crippen molar-refractivity contribution in [3.63, 3.8) is 0 Å². The van der Waals surface area contributed by atoms with Gasteiger partial charge in [-0.25, -0.2) is 9.37 Å². The Bertz CT molecular complexity index is 1040. The molecule has 0 saturated carbocycles. The molecule has 1 aromatic carbocycles. The highest BCUT2D eigenvalue weighted by Crippen LogP contribution is 2.41. The number of nitrogens with zero attached hydrogens (tertiary/aromatic N) is 3. The summed E-state index contributed by atoms with van der Waals surface area (Å²) in [5, 5.41) is 3.23. The van der Waals surface area contributed by atoms with E-state index in [0.29, 0.717) is 38.3 Å². The molecule has 3 saturated heterocycles. The van der Waals surface area contributed by atoms with E-state index in [9.17, 15) is 14.0 Å². The minimum absolute atomic E-state index is 0.00159. The highest BCUT2D eigenvalue weighted by Gasteiger charge is 2.50. The molecule has 0 radical (unpaired) electrons. The molecule has 0 unspecified atom stereocenters. The van der Waals surface area contributed by atoms with E-state index in [0.717, 1.165) is 43.7 Å². The van der Waals surface area contributed by atoms with Gasteiger partial charge in [0.1, 0.15) is 11.6 Å². The van der Waals surface area contributed by atoms with Crippen LogP contribution in [0.1, 0.15) is 47.5 Å². The first-order valence-electron chi connectivity index (χ1n) is 11.7. The summed E-state index contributed by atoms with van der Waals surface area (Å²) in [5.41, 5.74) is 0.801. The molecule has 5 rings (SSSR count). The lowest BCUT2D eigenvalue weighted by Crippen LogP contribution is -2.52. The van der Waals surface area contributed by atoms with Gasteiger partial charge in [0, 0.05) is 50.3 Å². The minimum Gasteiger partial charge on any atom is -0.378 e. The number of morpholine rings is 1. The number of benzene rings is 1. The summed E-state index contributed by atoms with van der Waals surface area (Å²) in [6.45, 7) is 3.61. The van der Waals surface area contributed by atoms with Gasteiger partial charge < -0.3 is 19.9 Å². The molecule has 0 bridgehead atoms. The first-order valence-corrected chi connectivity index (χ1v) is 11.7. The SMILES string of the molecule is O=C1CCCC[C@]2(CN(C(=O)c3ccnc(N4CCOCC4)c3)C[C@H]2c2cccc(F)c2)N1. The largest absolute Gasteiger partial charge is 0.378 e. The van der Waals surface area contributed by atoms with Crippen molar-refractivity contribution in [3.05, 3.63) is 59.5 Å². The Labute approximate surface area is 192 Å². The minimum atomic E-state index is -0.586. The molecule has 7 nitrogen and oxygen atoms in total. The summed E-state index contributed by atoms with van der Waals surface area (Å²) in [7, 11) is 0. The fourth-order valence-electron chi connectivity index (χ4n) is 5.42. The maximum Gasteiger partial charge on any atom is 0.254 e. The van der Waals surface area contributed by atoms with Gasteiger partial charge in [-0.3, -0.25) is 9.59 Å². The standard InChI is InChI=1S/C25H29FN4O3/c26-20-5-3-4-18(14-20)21-16-30(17-25(21)8-2-1-6-23(31)28-25)24(32)19-7-9-27-22(15-19)29-10-12-33-13-11-29/h3-5,7,9,14-15,21H,1-2,6,8,10-13,16-17H2,(H,28,31)/t21-,25+/m0/s1. The molecule has 2 aromatic rings. The zero-order valence-corrected chi connectivity index (χ0v) is 18.6. The monoisotopic (exact) mass is 452 g/mol. The third kappa shape index (κ3) is 4.44. The number of anilines is 1. The van der Waals surface area contributed by atoms with Crippen LogP contribution < -0.4 is 10.2 Å². The lowest BCUT2D eigenvalue weighted by atomic mass is 9.79. The zero-order chi connectivity index (χ0) is 22.8. The van der Waals surface area contributed by atoms with Gasteiger partial charge in [-0.05, 0) is 42.7 Å². The lowest BCUT2D eigenvalue weighted by Gasteiger charge is -2.34. The molecule has 2 atom stereocenters. The highest BCUT2D eigenvalue weighted by atomic mass is 19.1. The maximum atomic E-state index is 14.1. The van der Waals surface area contributed by atoms with Crippen molar-refractivity contribution in [1.29, 1.82) is 0 Å². The number of carbonyl (C=O) groups excluding carboxylic acids is 2. The quantitative estimate of drug-likeness (QED) is 0.775. The molecule has 174 valence electrons. The van der Waals surface area contributed by atoms with Crippen molar-refractivity contribution in [3.8, 4) is 0 Å². The van der Waals surface area contributed by atoms with E-state index >= 15 is 0 Å². The molecule has 4 heterocycles. The van der Waals surface area contributed by atoms with Crippen LogP contribution in [0.15, 0.2) is 42.6 Å². The van der Waals surface area contributed by atoms with E-state index < -0.39 is 5.54 Å². The topological polar surface area (TPSA) is 74.8 Å². The number of hydrogen-bond acceptors (Lipinski definition) is 5. The first-order chi connectivity index (χ1) is 16.0. The average molecular weight is 453 g/mol. The number of hydrogen-bond donors (Lipinski definition) is 1. The fraction of sp³-hybridized carbons (Fsp3) is 0.480. The summed E-state index contributed by atoms with van der Waals surface area (Å²) in [4.78, 5) is 34.5. The zero-order valence-electron chi connectivity index (χ0n) is 18.6. The molecule has 2 amide bonds. The molecule has 1 spiro atoms. The number of nitrogens with one attached hydrogen (secondary N) is 1. The summed E-state index contributed by atoms with van der Waals surface area (Å²) >= 11 is 0. The number of ether oxygens (including phenoxy) is 1. The van der Waals surface area contributed by atoms with Crippen LogP contribution >= 0.6 is 0 Å². The van der Waals surface area contributed by atoms with Gasteiger partial charge in [0.25, 0.3) is 5.91 Å². The van der Waals surface area contributed by atoms with Crippen LogP contribution in [-0.4, -0.2) is 66.6 Å². The Morgan fingerprint density at radius 3 is 2.85 bits per heavy atom. The van der Waals surface area contributed by atoms with Crippen molar-refractivity contribution >= 4 is 17.6 Å². The van der Waals surface area contributed by atoms with E-state index in [2.05, 4.69) is 15.2 Å². The van der Waals surface area contributed by atoms with Crippen molar-refractivity contribution < 1.29 is 18.7 Å². The average Bonchev–Trinajstić information content (AvgIpc) is 3.10. The van der Waals surface area contributed by atoms with Crippen molar-refractivity contribution in [2.75, 3.05) is 44.3 Å². The second-order valence-electron chi connectivity index (χ2n) is 9.21. The van der Waals surface area contributed by atoms with Gasteiger partial charge in [0.15, 0.2) is 0 Å². The Morgan fingerprint density at radius 2 is 2.03 bits per heavy atom. The van der Waals surface area contributed by atoms with Crippen molar-refractivity contribution in [2.45, 2.75) is 37.1 Å². The Morgan fingerprint density at radius 1 is 1.18 bits per heavy atom. The molecular formula is C25H29FN4O3. The number of rotatable bonds is 3. The molecule has 33 heavy (non-hydrogen) atoms. The summed E-state index contributed by atoms with van der Waals surface area (Å²) in [6, 6.07) is 10.1. The fourth-order valence-corrected chi connectivity index (χ4v) is 5.42. The number of amides is 2. The Hall–Kier alpha value is -3.00. The number of halogens is 1. The van der Waals surface area contributed by atoms with Crippen LogP contribution in [0.3, 0.4) is 0 Å². The van der Waals surface area contributed by atoms with E-state index in [1.807, 2.05) is 12.1 Å². The van der Waals surface area contributed by atoms with Crippen LogP contribution in [0.25, 0.3) is 0 Å². The maximum absolute atomic E-state index is 14.1. The third-order valence-corrected chi connectivity index (χ3v) is 7.07.